The lowest BCUT2D eigenvalue weighted by molar-refractivity contribution is 0.283. The Bertz CT molecular complexity index is 554. The molecule has 0 saturated carbocycles. The van der Waals surface area contributed by atoms with Crippen LogP contribution in [0.25, 0.3) is 0 Å². The van der Waals surface area contributed by atoms with Crippen LogP contribution in [-0.2, 0) is 12.5 Å². The van der Waals surface area contributed by atoms with Gasteiger partial charge in [0.25, 0.3) is 0 Å². The molecule has 0 aliphatic heterocycles. The maximum atomic E-state index is 13.7. The summed E-state index contributed by atoms with van der Waals surface area (Å²) in [7, 11) is 0. The highest BCUT2D eigenvalue weighted by Gasteiger charge is 2.07. The van der Waals surface area contributed by atoms with Crippen molar-refractivity contribution < 1.29 is 9.13 Å². The summed E-state index contributed by atoms with van der Waals surface area (Å²) >= 11 is 5.64. The Labute approximate surface area is 117 Å². The van der Waals surface area contributed by atoms with E-state index < -0.39 is 5.82 Å². The molecule has 0 bridgehead atoms. The van der Waals surface area contributed by atoms with Gasteiger partial charge >= 0.3 is 0 Å². The lowest BCUT2D eigenvalue weighted by Gasteiger charge is -2.07. The molecule has 0 aliphatic carbocycles. The first kappa shape index (κ1) is 13.9. The summed E-state index contributed by atoms with van der Waals surface area (Å²) in [5, 5.41) is 4.34. The van der Waals surface area contributed by atoms with Gasteiger partial charge in [-0.05, 0) is 37.6 Å². The van der Waals surface area contributed by atoms with E-state index in [1.54, 1.807) is 12.1 Å². The van der Waals surface area contributed by atoms with Crippen molar-refractivity contribution >= 4 is 11.6 Å². The molecule has 0 atom stereocenters. The third-order valence-corrected chi connectivity index (χ3v) is 3.03. The number of halogens is 2. The van der Waals surface area contributed by atoms with Crippen molar-refractivity contribution in [1.82, 2.24) is 9.78 Å². The number of hydrogen-bond acceptors (Lipinski definition) is 2. The van der Waals surface area contributed by atoms with Crippen molar-refractivity contribution in [3.05, 3.63) is 47.5 Å². The molecule has 0 unspecified atom stereocenters. The summed E-state index contributed by atoms with van der Waals surface area (Å²) in [5.74, 6) is 0.102. The van der Waals surface area contributed by atoms with Crippen LogP contribution in [0.4, 0.5) is 4.39 Å². The van der Waals surface area contributed by atoms with E-state index in [4.69, 9.17) is 16.3 Å². The van der Waals surface area contributed by atoms with Gasteiger partial charge in [-0.2, -0.15) is 5.10 Å². The SMILES string of the molecule is CC(C)n1ccc(COc2ccc(CCl)cc2F)n1. The van der Waals surface area contributed by atoms with Crippen molar-refractivity contribution in [2.75, 3.05) is 0 Å². The summed E-state index contributed by atoms with van der Waals surface area (Å²) in [6.45, 7) is 4.33. The van der Waals surface area contributed by atoms with E-state index in [0.717, 1.165) is 11.3 Å². The first-order valence-corrected chi connectivity index (χ1v) is 6.65. The minimum atomic E-state index is -0.401. The molecule has 0 saturated heterocycles. The second-order valence-corrected chi connectivity index (χ2v) is 4.84. The average Bonchev–Trinajstić information content (AvgIpc) is 2.86. The van der Waals surface area contributed by atoms with Crippen molar-refractivity contribution in [3.8, 4) is 5.75 Å². The molecule has 5 heteroatoms. The van der Waals surface area contributed by atoms with E-state index >= 15 is 0 Å². The van der Waals surface area contributed by atoms with Gasteiger partial charge in [0.05, 0.1) is 5.69 Å². The molecular weight excluding hydrogens is 267 g/mol. The van der Waals surface area contributed by atoms with Gasteiger partial charge in [0.15, 0.2) is 11.6 Å². The number of benzene rings is 1. The van der Waals surface area contributed by atoms with Gasteiger partial charge in [-0.1, -0.05) is 6.07 Å². The Balaban J connectivity index is 2.01. The molecule has 19 heavy (non-hydrogen) atoms. The van der Waals surface area contributed by atoms with E-state index in [-0.39, 0.29) is 18.2 Å². The fraction of sp³-hybridized carbons (Fsp3) is 0.357. The summed E-state index contributed by atoms with van der Waals surface area (Å²) in [4.78, 5) is 0. The van der Waals surface area contributed by atoms with Crippen LogP contribution in [0.5, 0.6) is 5.75 Å². The Morgan fingerprint density at radius 3 is 2.74 bits per heavy atom. The third kappa shape index (κ3) is 3.47. The molecule has 3 nitrogen and oxygen atoms in total. The van der Waals surface area contributed by atoms with Crippen molar-refractivity contribution in [2.45, 2.75) is 32.4 Å². The van der Waals surface area contributed by atoms with Gasteiger partial charge in [0.1, 0.15) is 6.61 Å². The number of aromatic nitrogens is 2. The normalized spacial score (nSPS) is 11.0. The average molecular weight is 283 g/mol. The molecule has 0 fully saturated rings. The van der Waals surface area contributed by atoms with Crippen LogP contribution in [0.3, 0.4) is 0 Å². The number of alkyl halides is 1. The van der Waals surface area contributed by atoms with Gasteiger partial charge in [0.2, 0.25) is 0 Å². The second kappa shape index (κ2) is 6.06. The van der Waals surface area contributed by atoms with Crippen LogP contribution in [0.2, 0.25) is 0 Å². The first-order chi connectivity index (χ1) is 9.10. The monoisotopic (exact) mass is 282 g/mol. The predicted molar refractivity (Wildman–Crippen MR) is 72.9 cm³/mol. The zero-order valence-corrected chi connectivity index (χ0v) is 11.7. The van der Waals surface area contributed by atoms with Crippen molar-refractivity contribution in [1.29, 1.82) is 0 Å². The molecule has 1 aromatic carbocycles. The van der Waals surface area contributed by atoms with E-state index in [1.807, 2.05) is 30.8 Å². The topological polar surface area (TPSA) is 27.1 Å². The molecule has 2 aromatic rings. The lowest BCUT2D eigenvalue weighted by atomic mass is 10.2. The molecule has 1 heterocycles. The number of hydrogen-bond donors (Lipinski definition) is 0. The quantitative estimate of drug-likeness (QED) is 0.777. The summed E-state index contributed by atoms with van der Waals surface area (Å²) in [6.07, 6.45) is 1.89. The van der Waals surface area contributed by atoms with Crippen molar-refractivity contribution in [2.24, 2.45) is 0 Å². The third-order valence-electron chi connectivity index (χ3n) is 2.72. The fourth-order valence-electron chi connectivity index (χ4n) is 1.64. The minimum absolute atomic E-state index is 0.216. The predicted octanol–water partition coefficient (Wildman–Crippen LogP) is 3.92. The molecule has 0 amide bonds. The van der Waals surface area contributed by atoms with Crippen LogP contribution < -0.4 is 4.74 Å². The number of nitrogens with zero attached hydrogens (tertiary/aromatic N) is 2. The minimum Gasteiger partial charge on any atom is -0.484 e. The maximum absolute atomic E-state index is 13.7. The summed E-state index contributed by atoms with van der Waals surface area (Å²) < 4.78 is 20.9. The second-order valence-electron chi connectivity index (χ2n) is 4.57. The Morgan fingerprint density at radius 2 is 2.16 bits per heavy atom. The van der Waals surface area contributed by atoms with E-state index in [0.29, 0.717) is 6.04 Å². The van der Waals surface area contributed by atoms with Gasteiger partial charge < -0.3 is 4.74 Å². The molecular formula is C14H16ClFN2O. The van der Waals surface area contributed by atoms with E-state index in [9.17, 15) is 4.39 Å². The summed E-state index contributed by atoms with van der Waals surface area (Å²) in [5.41, 5.74) is 1.50. The van der Waals surface area contributed by atoms with Gasteiger partial charge in [-0.25, -0.2) is 4.39 Å². The smallest absolute Gasteiger partial charge is 0.165 e. The van der Waals surface area contributed by atoms with Crippen LogP contribution >= 0.6 is 11.6 Å². The van der Waals surface area contributed by atoms with E-state index in [2.05, 4.69) is 5.10 Å². The zero-order valence-electron chi connectivity index (χ0n) is 10.9. The Kier molecular flexibility index (Phi) is 4.43. The molecule has 2 rings (SSSR count). The number of rotatable bonds is 5. The first-order valence-electron chi connectivity index (χ1n) is 6.11. The zero-order chi connectivity index (χ0) is 13.8. The van der Waals surface area contributed by atoms with Crippen LogP contribution in [-0.4, -0.2) is 9.78 Å². The molecule has 1 aromatic heterocycles. The Hall–Kier alpha value is -1.55. The van der Waals surface area contributed by atoms with Crippen LogP contribution in [0.15, 0.2) is 30.5 Å². The summed E-state index contributed by atoms with van der Waals surface area (Å²) in [6, 6.07) is 6.89. The molecule has 102 valence electrons. The molecule has 0 aliphatic rings. The lowest BCUT2D eigenvalue weighted by Crippen LogP contribution is -2.04. The van der Waals surface area contributed by atoms with Gasteiger partial charge in [-0.15, -0.1) is 11.6 Å². The highest BCUT2D eigenvalue weighted by atomic mass is 35.5. The van der Waals surface area contributed by atoms with Crippen LogP contribution in [0, 0.1) is 5.82 Å². The molecule has 0 radical (unpaired) electrons. The number of ether oxygens (including phenoxy) is 1. The highest BCUT2D eigenvalue weighted by molar-refractivity contribution is 6.17. The standard InChI is InChI=1S/C14H16ClFN2O/c1-10(2)18-6-5-12(17-18)9-19-14-4-3-11(8-15)7-13(14)16/h3-7,10H,8-9H2,1-2H3. The maximum Gasteiger partial charge on any atom is 0.165 e. The molecule has 0 N–H and O–H groups in total. The Morgan fingerprint density at radius 1 is 1.37 bits per heavy atom. The van der Waals surface area contributed by atoms with Gasteiger partial charge in [-0.3, -0.25) is 4.68 Å². The van der Waals surface area contributed by atoms with Crippen LogP contribution in [0.1, 0.15) is 31.1 Å². The largest absolute Gasteiger partial charge is 0.484 e. The highest BCUT2D eigenvalue weighted by Crippen LogP contribution is 2.20. The molecule has 0 spiro atoms. The van der Waals surface area contributed by atoms with E-state index in [1.165, 1.54) is 6.07 Å². The fourth-order valence-corrected chi connectivity index (χ4v) is 1.80. The van der Waals surface area contributed by atoms with Crippen molar-refractivity contribution in [3.63, 3.8) is 0 Å². The van der Waals surface area contributed by atoms with Gasteiger partial charge in [0, 0.05) is 18.1 Å².